The fourth-order valence-corrected chi connectivity index (χ4v) is 2.25. The first-order valence-electron chi connectivity index (χ1n) is 6.66. The van der Waals surface area contributed by atoms with Crippen molar-refractivity contribution in [2.75, 3.05) is 19.8 Å². The number of benzene rings is 1. The minimum Gasteiger partial charge on any atom is -0.480 e. The summed E-state index contributed by atoms with van der Waals surface area (Å²) in [5.41, 5.74) is 0.841. The van der Waals surface area contributed by atoms with Gasteiger partial charge in [-0.25, -0.2) is 0 Å². The second-order valence-corrected chi connectivity index (χ2v) is 4.78. The first-order chi connectivity index (χ1) is 10.2. The van der Waals surface area contributed by atoms with Gasteiger partial charge in [0, 0.05) is 12.1 Å². The standard InChI is InChI=1S/C14H15N3O4/c18-14(19)11-9-20-7-6-17(11)8-12-15-13(21-16-12)10-4-2-1-3-5-10/h1-5,11H,6-9H2,(H,18,19). The fourth-order valence-electron chi connectivity index (χ4n) is 2.25. The van der Waals surface area contributed by atoms with E-state index < -0.39 is 12.0 Å². The molecule has 0 amide bonds. The van der Waals surface area contributed by atoms with Gasteiger partial charge in [0.2, 0.25) is 0 Å². The number of nitrogens with zero attached hydrogens (tertiary/aromatic N) is 3. The van der Waals surface area contributed by atoms with E-state index in [0.29, 0.717) is 31.4 Å². The molecule has 2 aromatic rings. The number of morpholine rings is 1. The van der Waals surface area contributed by atoms with E-state index in [1.54, 1.807) is 4.90 Å². The van der Waals surface area contributed by atoms with Crippen LogP contribution in [0.15, 0.2) is 34.9 Å². The SMILES string of the molecule is O=C(O)C1COCCN1Cc1noc(-c2ccccc2)n1. The molecule has 2 heterocycles. The van der Waals surface area contributed by atoms with Gasteiger partial charge in [0.25, 0.3) is 5.89 Å². The molecule has 0 saturated carbocycles. The Kier molecular flexibility index (Phi) is 3.94. The third-order valence-corrected chi connectivity index (χ3v) is 3.36. The van der Waals surface area contributed by atoms with Gasteiger partial charge in [-0.05, 0) is 12.1 Å². The Balaban J connectivity index is 1.73. The lowest BCUT2D eigenvalue weighted by atomic mass is 10.2. The van der Waals surface area contributed by atoms with Crippen molar-refractivity contribution in [1.82, 2.24) is 15.0 Å². The molecule has 110 valence electrons. The fraction of sp³-hybridized carbons (Fsp3) is 0.357. The van der Waals surface area contributed by atoms with Crippen LogP contribution in [0.1, 0.15) is 5.82 Å². The van der Waals surface area contributed by atoms with Crippen LogP contribution in [0.25, 0.3) is 11.5 Å². The van der Waals surface area contributed by atoms with Gasteiger partial charge in [-0.15, -0.1) is 0 Å². The molecule has 3 rings (SSSR count). The minimum absolute atomic E-state index is 0.179. The quantitative estimate of drug-likeness (QED) is 0.898. The number of hydrogen-bond donors (Lipinski definition) is 1. The largest absolute Gasteiger partial charge is 0.480 e. The molecule has 1 aromatic carbocycles. The lowest BCUT2D eigenvalue weighted by Gasteiger charge is -2.31. The van der Waals surface area contributed by atoms with Gasteiger partial charge in [0.15, 0.2) is 5.82 Å². The third-order valence-electron chi connectivity index (χ3n) is 3.36. The van der Waals surface area contributed by atoms with Crippen molar-refractivity contribution in [2.24, 2.45) is 0 Å². The van der Waals surface area contributed by atoms with E-state index in [9.17, 15) is 9.90 Å². The summed E-state index contributed by atoms with van der Waals surface area (Å²) in [5.74, 6) is 0.00853. The maximum absolute atomic E-state index is 11.2. The second kappa shape index (κ2) is 6.02. The lowest BCUT2D eigenvalue weighted by Crippen LogP contribution is -2.49. The van der Waals surface area contributed by atoms with Gasteiger partial charge in [0.1, 0.15) is 6.04 Å². The number of aromatic nitrogens is 2. The smallest absolute Gasteiger partial charge is 0.323 e. The van der Waals surface area contributed by atoms with Crippen molar-refractivity contribution in [3.63, 3.8) is 0 Å². The Labute approximate surface area is 121 Å². The molecular weight excluding hydrogens is 274 g/mol. The molecule has 0 aliphatic carbocycles. The maximum Gasteiger partial charge on any atom is 0.323 e. The van der Waals surface area contributed by atoms with E-state index in [1.807, 2.05) is 30.3 Å². The highest BCUT2D eigenvalue weighted by atomic mass is 16.5. The van der Waals surface area contributed by atoms with Gasteiger partial charge in [-0.2, -0.15) is 4.98 Å². The number of hydrogen-bond acceptors (Lipinski definition) is 6. The molecule has 1 aromatic heterocycles. The molecule has 21 heavy (non-hydrogen) atoms. The summed E-state index contributed by atoms with van der Waals surface area (Å²) in [6, 6.07) is 8.78. The molecule has 7 heteroatoms. The van der Waals surface area contributed by atoms with Crippen molar-refractivity contribution < 1.29 is 19.2 Å². The zero-order chi connectivity index (χ0) is 14.7. The molecule has 1 N–H and O–H groups in total. The normalized spacial score (nSPS) is 19.5. The average Bonchev–Trinajstić information content (AvgIpc) is 2.97. The van der Waals surface area contributed by atoms with Gasteiger partial charge in [-0.3, -0.25) is 9.69 Å². The average molecular weight is 289 g/mol. The highest BCUT2D eigenvalue weighted by Crippen LogP contribution is 2.18. The Bertz CT molecular complexity index is 614. The second-order valence-electron chi connectivity index (χ2n) is 4.78. The zero-order valence-electron chi connectivity index (χ0n) is 11.3. The van der Waals surface area contributed by atoms with Crippen LogP contribution in [-0.2, 0) is 16.1 Å². The van der Waals surface area contributed by atoms with Crippen LogP contribution < -0.4 is 0 Å². The molecule has 1 saturated heterocycles. The van der Waals surface area contributed by atoms with Gasteiger partial charge in [0.05, 0.1) is 19.8 Å². The van der Waals surface area contributed by atoms with E-state index in [-0.39, 0.29) is 6.61 Å². The summed E-state index contributed by atoms with van der Waals surface area (Å²) in [7, 11) is 0. The Morgan fingerprint density at radius 3 is 2.95 bits per heavy atom. The lowest BCUT2D eigenvalue weighted by molar-refractivity contribution is -0.150. The first kappa shape index (κ1) is 13.7. The van der Waals surface area contributed by atoms with Crippen molar-refractivity contribution in [1.29, 1.82) is 0 Å². The number of carbonyl (C=O) groups is 1. The van der Waals surface area contributed by atoms with Gasteiger partial charge < -0.3 is 14.4 Å². The number of ether oxygens (including phenoxy) is 1. The predicted octanol–water partition coefficient (Wildman–Crippen LogP) is 1.02. The summed E-state index contributed by atoms with van der Waals surface area (Å²) in [6.45, 7) is 1.55. The molecule has 0 radical (unpaired) electrons. The third kappa shape index (κ3) is 3.09. The predicted molar refractivity (Wildman–Crippen MR) is 72.4 cm³/mol. The summed E-state index contributed by atoms with van der Waals surface area (Å²) >= 11 is 0. The maximum atomic E-state index is 11.2. The highest BCUT2D eigenvalue weighted by Gasteiger charge is 2.30. The molecule has 1 atom stereocenters. The van der Waals surface area contributed by atoms with E-state index in [2.05, 4.69) is 10.1 Å². The van der Waals surface area contributed by atoms with Crippen molar-refractivity contribution in [2.45, 2.75) is 12.6 Å². The molecule has 1 aliphatic heterocycles. The Morgan fingerprint density at radius 1 is 1.38 bits per heavy atom. The summed E-state index contributed by atoms with van der Waals surface area (Å²) < 4.78 is 10.4. The van der Waals surface area contributed by atoms with E-state index >= 15 is 0 Å². The van der Waals surface area contributed by atoms with Gasteiger partial charge >= 0.3 is 5.97 Å². The zero-order valence-corrected chi connectivity index (χ0v) is 11.3. The molecular formula is C14H15N3O4. The van der Waals surface area contributed by atoms with Crippen LogP contribution in [0.3, 0.4) is 0 Å². The Morgan fingerprint density at radius 2 is 2.19 bits per heavy atom. The molecule has 0 bridgehead atoms. The topological polar surface area (TPSA) is 88.7 Å². The van der Waals surface area contributed by atoms with E-state index in [1.165, 1.54) is 0 Å². The van der Waals surface area contributed by atoms with Crippen LogP contribution in [0.4, 0.5) is 0 Å². The van der Waals surface area contributed by atoms with Crippen LogP contribution >= 0.6 is 0 Å². The first-order valence-corrected chi connectivity index (χ1v) is 6.66. The molecule has 1 aliphatic rings. The molecule has 0 spiro atoms. The molecule has 1 unspecified atom stereocenters. The summed E-state index contributed by atoms with van der Waals surface area (Å²) in [4.78, 5) is 17.3. The summed E-state index contributed by atoms with van der Waals surface area (Å²) in [5, 5.41) is 13.1. The monoisotopic (exact) mass is 289 g/mol. The molecule has 1 fully saturated rings. The van der Waals surface area contributed by atoms with Crippen LogP contribution in [0, 0.1) is 0 Å². The number of carboxylic acids is 1. The van der Waals surface area contributed by atoms with Gasteiger partial charge in [-0.1, -0.05) is 23.4 Å². The number of aliphatic carboxylic acids is 1. The van der Waals surface area contributed by atoms with Crippen LogP contribution in [0.5, 0.6) is 0 Å². The Hall–Kier alpha value is -2.25. The van der Waals surface area contributed by atoms with Crippen LogP contribution in [0.2, 0.25) is 0 Å². The molecule has 7 nitrogen and oxygen atoms in total. The summed E-state index contributed by atoms with van der Waals surface area (Å²) in [6.07, 6.45) is 0. The van der Waals surface area contributed by atoms with E-state index in [4.69, 9.17) is 9.26 Å². The minimum atomic E-state index is -0.901. The van der Waals surface area contributed by atoms with Crippen molar-refractivity contribution in [3.05, 3.63) is 36.2 Å². The van der Waals surface area contributed by atoms with Crippen LogP contribution in [-0.4, -0.2) is 51.9 Å². The van der Waals surface area contributed by atoms with Crippen molar-refractivity contribution in [3.8, 4) is 11.5 Å². The van der Waals surface area contributed by atoms with E-state index in [0.717, 1.165) is 5.56 Å². The number of carboxylic acid groups (broad SMARTS) is 1. The van der Waals surface area contributed by atoms with Crippen molar-refractivity contribution >= 4 is 5.97 Å². The number of rotatable bonds is 4. The highest BCUT2D eigenvalue weighted by molar-refractivity contribution is 5.73.